The number of rotatable bonds is 3. The normalized spacial score (nSPS) is 10.4. The van der Waals surface area contributed by atoms with Gasteiger partial charge in [0.15, 0.2) is 5.69 Å². The monoisotopic (exact) mass is 248 g/mol. The molecular weight excluding hydrogens is 235 g/mol. The summed E-state index contributed by atoms with van der Waals surface area (Å²) in [7, 11) is 0. The number of hydrogen-bond acceptors (Lipinski definition) is 3. The Bertz CT molecular complexity index is 578. The average molecular weight is 248 g/mol. The second-order valence-electron chi connectivity index (χ2n) is 3.97. The quantitative estimate of drug-likeness (QED) is 0.908. The van der Waals surface area contributed by atoms with Gasteiger partial charge in [-0.2, -0.15) is 0 Å². The number of aromatic nitrogens is 1. The minimum atomic E-state index is -0.485. The zero-order valence-electron chi connectivity index (χ0n) is 10.2. The Hall–Kier alpha value is -2.17. The highest BCUT2D eigenvalue weighted by Crippen LogP contribution is 2.16. The molecule has 2 rings (SSSR count). The number of benzene rings is 1. The van der Waals surface area contributed by atoms with Crippen molar-refractivity contribution in [2.45, 2.75) is 20.3 Å². The standard InChI is InChI=1S/C13H13FN2O2/c1-3-9-7-12(16-18-9)13(17)15-11-5-4-8(2)6-10(11)14/h4-7H,3H2,1-2H3,(H,15,17). The van der Waals surface area contributed by atoms with E-state index in [1.807, 2.05) is 6.92 Å². The van der Waals surface area contributed by atoms with E-state index in [0.29, 0.717) is 12.2 Å². The molecule has 4 nitrogen and oxygen atoms in total. The lowest BCUT2D eigenvalue weighted by atomic mass is 10.2. The van der Waals surface area contributed by atoms with E-state index in [4.69, 9.17) is 4.52 Å². The van der Waals surface area contributed by atoms with Crippen molar-refractivity contribution >= 4 is 11.6 Å². The summed E-state index contributed by atoms with van der Waals surface area (Å²) < 4.78 is 18.5. The largest absolute Gasteiger partial charge is 0.361 e. The van der Waals surface area contributed by atoms with Gasteiger partial charge < -0.3 is 9.84 Å². The summed E-state index contributed by atoms with van der Waals surface area (Å²) in [6.07, 6.45) is 0.652. The van der Waals surface area contributed by atoms with E-state index in [9.17, 15) is 9.18 Å². The van der Waals surface area contributed by atoms with Crippen LogP contribution in [0.2, 0.25) is 0 Å². The minimum absolute atomic E-state index is 0.131. The average Bonchev–Trinajstić information content (AvgIpc) is 2.81. The number of aryl methyl sites for hydroxylation is 2. The fourth-order valence-electron chi connectivity index (χ4n) is 1.49. The molecule has 0 aliphatic carbocycles. The zero-order valence-corrected chi connectivity index (χ0v) is 10.2. The van der Waals surface area contributed by atoms with Crippen LogP contribution in [-0.4, -0.2) is 11.1 Å². The fourth-order valence-corrected chi connectivity index (χ4v) is 1.49. The zero-order chi connectivity index (χ0) is 13.1. The number of carbonyl (C=O) groups excluding carboxylic acids is 1. The van der Waals surface area contributed by atoms with E-state index in [2.05, 4.69) is 10.5 Å². The molecule has 18 heavy (non-hydrogen) atoms. The van der Waals surface area contributed by atoms with E-state index in [1.54, 1.807) is 19.1 Å². The highest BCUT2D eigenvalue weighted by molar-refractivity contribution is 6.02. The molecular formula is C13H13FN2O2. The van der Waals surface area contributed by atoms with Crippen molar-refractivity contribution < 1.29 is 13.7 Å². The maximum Gasteiger partial charge on any atom is 0.277 e. The van der Waals surface area contributed by atoms with Crippen LogP contribution >= 0.6 is 0 Å². The van der Waals surface area contributed by atoms with Gasteiger partial charge in [-0.25, -0.2) is 4.39 Å². The van der Waals surface area contributed by atoms with Crippen LogP contribution in [0.15, 0.2) is 28.8 Å². The highest BCUT2D eigenvalue weighted by Gasteiger charge is 2.13. The minimum Gasteiger partial charge on any atom is -0.361 e. The summed E-state index contributed by atoms with van der Waals surface area (Å²) in [5.74, 6) is -0.340. The molecule has 0 bridgehead atoms. The van der Waals surface area contributed by atoms with E-state index >= 15 is 0 Å². The maximum atomic E-state index is 13.5. The van der Waals surface area contributed by atoms with Gasteiger partial charge >= 0.3 is 0 Å². The molecule has 1 aromatic carbocycles. The lowest BCUT2D eigenvalue weighted by molar-refractivity contribution is 0.101. The molecule has 5 heteroatoms. The molecule has 1 amide bonds. The molecule has 0 saturated carbocycles. The molecule has 0 radical (unpaired) electrons. The van der Waals surface area contributed by atoms with Crippen molar-refractivity contribution in [1.82, 2.24) is 5.16 Å². The molecule has 1 heterocycles. The van der Waals surface area contributed by atoms with Crippen LogP contribution in [0.4, 0.5) is 10.1 Å². The van der Waals surface area contributed by atoms with Crippen LogP contribution in [0.25, 0.3) is 0 Å². The number of amides is 1. The lowest BCUT2D eigenvalue weighted by Crippen LogP contribution is -2.13. The number of nitrogens with one attached hydrogen (secondary N) is 1. The first-order valence-corrected chi connectivity index (χ1v) is 5.63. The maximum absolute atomic E-state index is 13.5. The van der Waals surface area contributed by atoms with Gasteiger partial charge in [0.05, 0.1) is 5.69 Å². The summed E-state index contributed by atoms with van der Waals surface area (Å²) >= 11 is 0. The van der Waals surface area contributed by atoms with Crippen LogP contribution < -0.4 is 5.32 Å². The molecule has 94 valence electrons. The Morgan fingerprint density at radius 1 is 1.44 bits per heavy atom. The van der Waals surface area contributed by atoms with Gasteiger partial charge in [-0.05, 0) is 24.6 Å². The molecule has 0 saturated heterocycles. The predicted octanol–water partition coefficient (Wildman–Crippen LogP) is 2.94. The molecule has 0 unspecified atom stereocenters. The third kappa shape index (κ3) is 2.56. The number of halogens is 1. The summed E-state index contributed by atoms with van der Waals surface area (Å²) in [5.41, 5.74) is 1.07. The van der Waals surface area contributed by atoms with Crippen LogP contribution in [0.1, 0.15) is 28.7 Å². The Morgan fingerprint density at radius 3 is 2.83 bits per heavy atom. The van der Waals surface area contributed by atoms with Gasteiger partial charge in [0.2, 0.25) is 0 Å². The van der Waals surface area contributed by atoms with Gasteiger partial charge in [0, 0.05) is 12.5 Å². The summed E-state index contributed by atoms with van der Waals surface area (Å²) in [6.45, 7) is 3.67. The molecule has 0 spiro atoms. The third-order valence-corrected chi connectivity index (χ3v) is 2.51. The van der Waals surface area contributed by atoms with Crippen LogP contribution in [0.3, 0.4) is 0 Å². The Labute approximate surface area is 104 Å². The Kier molecular flexibility index (Phi) is 3.41. The van der Waals surface area contributed by atoms with Gasteiger partial charge in [0.25, 0.3) is 5.91 Å². The number of anilines is 1. The summed E-state index contributed by atoms with van der Waals surface area (Å²) in [5, 5.41) is 6.08. The second-order valence-corrected chi connectivity index (χ2v) is 3.97. The van der Waals surface area contributed by atoms with E-state index in [1.165, 1.54) is 12.1 Å². The molecule has 0 atom stereocenters. The van der Waals surface area contributed by atoms with Crippen molar-refractivity contribution in [3.8, 4) is 0 Å². The van der Waals surface area contributed by atoms with Crippen molar-refractivity contribution in [1.29, 1.82) is 0 Å². The van der Waals surface area contributed by atoms with Crippen molar-refractivity contribution in [3.05, 3.63) is 47.1 Å². The number of nitrogens with zero attached hydrogens (tertiary/aromatic N) is 1. The Morgan fingerprint density at radius 2 is 2.22 bits per heavy atom. The summed E-state index contributed by atoms with van der Waals surface area (Å²) in [4.78, 5) is 11.8. The fraction of sp³-hybridized carbons (Fsp3) is 0.231. The SMILES string of the molecule is CCc1cc(C(=O)Nc2ccc(C)cc2F)no1. The van der Waals surface area contributed by atoms with Crippen molar-refractivity contribution in [3.63, 3.8) is 0 Å². The predicted molar refractivity (Wildman–Crippen MR) is 65.0 cm³/mol. The van der Waals surface area contributed by atoms with Crippen LogP contribution in [0, 0.1) is 12.7 Å². The first kappa shape index (κ1) is 12.3. The van der Waals surface area contributed by atoms with E-state index < -0.39 is 11.7 Å². The van der Waals surface area contributed by atoms with Crippen LogP contribution in [-0.2, 0) is 6.42 Å². The molecule has 0 aliphatic rings. The molecule has 0 fully saturated rings. The third-order valence-electron chi connectivity index (χ3n) is 2.51. The molecule has 0 aliphatic heterocycles. The van der Waals surface area contributed by atoms with Gasteiger partial charge in [-0.1, -0.05) is 18.1 Å². The smallest absolute Gasteiger partial charge is 0.277 e. The first-order chi connectivity index (χ1) is 8.60. The highest BCUT2D eigenvalue weighted by atomic mass is 19.1. The Balaban J connectivity index is 2.16. The van der Waals surface area contributed by atoms with E-state index in [0.717, 1.165) is 5.56 Å². The van der Waals surface area contributed by atoms with Gasteiger partial charge in [-0.15, -0.1) is 0 Å². The topological polar surface area (TPSA) is 55.1 Å². The van der Waals surface area contributed by atoms with Crippen molar-refractivity contribution in [2.24, 2.45) is 0 Å². The number of hydrogen-bond donors (Lipinski definition) is 1. The number of carbonyl (C=O) groups is 1. The summed E-state index contributed by atoms with van der Waals surface area (Å²) in [6, 6.07) is 6.14. The molecule has 2 aromatic rings. The lowest BCUT2D eigenvalue weighted by Gasteiger charge is -2.04. The van der Waals surface area contributed by atoms with Gasteiger partial charge in [0.1, 0.15) is 11.6 Å². The van der Waals surface area contributed by atoms with Crippen molar-refractivity contribution in [2.75, 3.05) is 5.32 Å². The van der Waals surface area contributed by atoms with Gasteiger partial charge in [-0.3, -0.25) is 4.79 Å². The molecule has 1 N–H and O–H groups in total. The van der Waals surface area contributed by atoms with Crippen LogP contribution in [0.5, 0.6) is 0 Å². The first-order valence-electron chi connectivity index (χ1n) is 5.63. The van der Waals surface area contributed by atoms with E-state index in [-0.39, 0.29) is 11.4 Å². The second kappa shape index (κ2) is 5.00. The molecule has 1 aromatic heterocycles.